The van der Waals surface area contributed by atoms with Crippen LogP contribution in [0.3, 0.4) is 0 Å². The lowest BCUT2D eigenvalue weighted by molar-refractivity contribution is -0.144. The van der Waals surface area contributed by atoms with Crippen LogP contribution >= 0.6 is 11.6 Å². The molecule has 0 aromatic carbocycles. The maximum absolute atomic E-state index is 13.2. The number of hydrogen-bond donors (Lipinski definition) is 0. The van der Waals surface area contributed by atoms with Crippen molar-refractivity contribution in [3.63, 3.8) is 0 Å². The molecule has 0 saturated heterocycles. The largest absolute Gasteiger partial charge is 0.433 e. The summed E-state index contributed by atoms with van der Waals surface area (Å²) in [7, 11) is -4.10. The van der Waals surface area contributed by atoms with Gasteiger partial charge in [0.25, 0.3) is 0 Å². The van der Waals surface area contributed by atoms with Crippen LogP contribution in [0.15, 0.2) is 5.16 Å². The zero-order valence-electron chi connectivity index (χ0n) is 12.6. The van der Waals surface area contributed by atoms with Crippen LogP contribution in [0.1, 0.15) is 38.4 Å². The van der Waals surface area contributed by atoms with E-state index < -0.39 is 43.8 Å². The van der Waals surface area contributed by atoms with Gasteiger partial charge in [-0.25, -0.2) is 8.42 Å². The minimum atomic E-state index is -4.77. The molecule has 1 aromatic rings. The van der Waals surface area contributed by atoms with E-state index in [2.05, 4.69) is 10.3 Å². The van der Waals surface area contributed by atoms with E-state index in [-0.39, 0.29) is 18.0 Å². The molecule has 2 heterocycles. The highest BCUT2D eigenvalue weighted by Crippen LogP contribution is 2.37. The van der Waals surface area contributed by atoms with E-state index in [1.807, 2.05) is 0 Å². The molecule has 0 bridgehead atoms. The van der Waals surface area contributed by atoms with E-state index in [4.69, 9.17) is 16.4 Å². The van der Waals surface area contributed by atoms with Gasteiger partial charge in [-0.1, -0.05) is 16.8 Å². The molecule has 0 fully saturated rings. The van der Waals surface area contributed by atoms with Gasteiger partial charge in [0.2, 0.25) is 0 Å². The lowest BCUT2D eigenvalue weighted by atomic mass is 10.1. The number of rotatable bonds is 3. The maximum Gasteiger partial charge on any atom is 0.433 e. The van der Waals surface area contributed by atoms with Crippen LogP contribution in [0.25, 0.3) is 0 Å². The molecule has 23 heavy (non-hydrogen) atoms. The first-order valence-corrected chi connectivity index (χ1v) is 8.70. The van der Waals surface area contributed by atoms with E-state index in [1.165, 1.54) is 6.92 Å². The predicted molar refractivity (Wildman–Crippen MR) is 77.8 cm³/mol. The van der Waals surface area contributed by atoms with Gasteiger partial charge in [-0.15, -0.1) is 0 Å². The maximum atomic E-state index is 13.2. The molecule has 0 spiro atoms. The molecule has 2 rings (SSSR count). The second-order valence-electron chi connectivity index (χ2n) is 5.70. The molecule has 0 saturated carbocycles. The number of halogens is 4. The highest BCUT2D eigenvalue weighted by molar-refractivity contribution is 8.05. The number of hydrogen-bond acceptors (Lipinski definition) is 5. The summed E-state index contributed by atoms with van der Waals surface area (Å²) >= 11 is 5.74. The van der Waals surface area contributed by atoms with Crippen LogP contribution < -0.4 is 0 Å². The Kier molecular flexibility index (Phi) is 4.44. The average molecular weight is 374 g/mol. The average Bonchev–Trinajstić information content (AvgIpc) is 2.89. The standard InChI is InChI=1S/C12H15ClF3N3O3S/c1-4-19-9(12(14,15)16)7(10(13)17-19)6-23(20,21)8-5-11(2,3)22-18-8/h4-6H2,1-3H3. The van der Waals surface area contributed by atoms with Crippen molar-refractivity contribution in [2.45, 2.75) is 51.3 Å². The van der Waals surface area contributed by atoms with E-state index >= 15 is 0 Å². The Labute approximate surface area is 136 Å². The van der Waals surface area contributed by atoms with Gasteiger partial charge in [0, 0.05) is 18.5 Å². The quantitative estimate of drug-likeness (QED) is 0.816. The zero-order valence-corrected chi connectivity index (χ0v) is 14.2. The third-order valence-corrected chi connectivity index (χ3v) is 5.14. The summed E-state index contributed by atoms with van der Waals surface area (Å²) in [6.45, 7) is 4.62. The Balaban J connectivity index is 2.43. The molecular weight excluding hydrogens is 359 g/mol. The topological polar surface area (TPSA) is 73.5 Å². The van der Waals surface area contributed by atoms with Crippen molar-refractivity contribution in [3.05, 3.63) is 16.4 Å². The summed E-state index contributed by atoms with van der Waals surface area (Å²) in [6.07, 6.45) is -4.79. The second kappa shape index (κ2) is 5.66. The van der Waals surface area contributed by atoms with Crippen molar-refractivity contribution >= 4 is 26.5 Å². The first-order valence-electron chi connectivity index (χ1n) is 6.67. The number of nitrogens with zero attached hydrogens (tertiary/aromatic N) is 3. The van der Waals surface area contributed by atoms with Crippen LogP contribution in [-0.2, 0) is 33.1 Å². The molecule has 130 valence electrons. The molecule has 1 aliphatic heterocycles. The third-order valence-electron chi connectivity index (χ3n) is 3.23. The fraction of sp³-hybridized carbons (Fsp3) is 0.667. The van der Waals surface area contributed by atoms with Crippen LogP contribution in [0.4, 0.5) is 13.2 Å². The van der Waals surface area contributed by atoms with Crippen LogP contribution in [-0.4, -0.2) is 28.8 Å². The molecule has 0 N–H and O–H groups in total. The molecule has 0 atom stereocenters. The molecule has 0 radical (unpaired) electrons. The van der Waals surface area contributed by atoms with Gasteiger partial charge in [0.05, 0.1) is 5.75 Å². The van der Waals surface area contributed by atoms with Crippen molar-refractivity contribution < 1.29 is 26.4 Å². The molecular formula is C12H15ClF3N3O3S. The summed E-state index contributed by atoms with van der Waals surface area (Å²) in [6, 6.07) is 0. The highest BCUT2D eigenvalue weighted by Gasteiger charge is 2.42. The first-order chi connectivity index (χ1) is 10.4. The Morgan fingerprint density at radius 1 is 1.39 bits per heavy atom. The second-order valence-corrected chi connectivity index (χ2v) is 8.05. The van der Waals surface area contributed by atoms with E-state index in [0.29, 0.717) is 4.68 Å². The van der Waals surface area contributed by atoms with E-state index in [0.717, 1.165) is 0 Å². The monoisotopic (exact) mass is 373 g/mol. The Hall–Kier alpha value is -1.29. The Morgan fingerprint density at radius 3 is 2.43 bits per heavy atom. The van der Waals surface area contributed by atoms with Crippen LogP contribution in [0.5, 0.6) is 0 Å². The number of aromatic nitrogens is 2. The fourth-order valence-corrected chi connectivity index (χ4v) is 4.05. The van der Waals surface area contributed by atoms with Gasteiger partial charge in [-0.2, -0.15) is 18.3 Å². The lowest BCUT2D eigenvalue weighted by Crippen LogP contribution is -2.24. The lowest BCUT2D eigenvalue weighted by Gasteiger charge is -2.13. The molecule has 1 aliphatic rings. The summed E-state index contributed by atoms with van der Waals surface area (Å²) in [4.78, 5) is 4.96. The van der Waals surface area contributed by atoms with Crippen LogP contribution in [0, 0.1) is 0 Å². The molecule has 0 aliphatic carbocycles. The van der Waals surface area contributed by atoms with Gasteiger partial charge >= 0.3 is 6.18 Å². The summed E-state index contributed by atoms with van der Waals surface area (Å²) in [5.74, 6) is -0.932. The van der Waals surface area contributed by atoms with Gasteiger partial charge in [0.15, 0.2) is 20.0 Å². The molecule has 1 aromatic heterocycles. The summed E-state index contributed by atoms with van der Waals surface area (Å²) in [5, 5.41) is 6.26. The van der Waals surface area contributed by atoms with Crippen molar-refractivity contribution in [1.29, 1.82) is 0 Å². The first kappa shape index (κ1) is 18.1. The molecule has 0 unspecified atom stereocenters. The number of aryl methyl sites for hydroxylation is 1. The van der Waals surface area contributed by atoms with Gasteiger partial charge in [-0.05, 0) is 20.8 Å². The Morgan fingerprint density at radius 2 is 2.00 bits per heavy atom. The minimum absolute atomic E-state index is 0.0176. The number of sulfone groups is 1. The van der Waals surface area contributed by atoms with Gasteiger partial charge in [0.1, 0.15) is 11.3 Å². The van der Waals surface area contributed by atoms with E-state index in [1.54, 1.807) is 13.8 Å². The molecule has 11 heteroatoms. The SMILES string of the molecule is CCn1nc(Cl)c(CS(=O)(=O)C2=NOC(C)(C)C2)c1C(F)(F)F. The van der Waals surface area contributed by atoms with Gasteiger partial charge < -0.3 is 4.84 Å². The third kappa shape index (κ3) is 3.63. The van der Waals surface area contributed by atoms with Gasteiger partial charge in [-0.3, -0.25) is 4.68 Å². The summed E-state index contributed by atoms with van der Waals surface area (Å²) in [5.41, 5.74) is -2.55. The number of alkyl halides is 3. The van der Waals surface area contributed by atoms with Crippen molar-refractivity contribution in [3.8, 4) is 0 Å². The highest BCUT2D eigenvalue weighted by atomic mass is 35.5. The normalized spacial score (nSPS) is 18.0. The van der Waals surface area contributed by atoms with Crippen LogP contribution in [0.2, 0.25) is 5.15 Å². The summed E-state index contributed by atoms with van der Waals surface area (Å²) < 4.78 is 65.0. The Bertz CT molecular complexity index is 754. The number of oxime groups is 1. The molecule has 6 nitrogen and oxygen atoms in total. The predicted octanol–water partition coefficient (Wildman–Crippen LogP) is 3.00. The van der Waals surface area contributed by atoms with Crippen molar-refractivity contribution in [2.24, 2.45) is 5.16 Å². The van der Waals surface area contributed by atoms with E-state index in [9.17, 15) is 21.6 Å². The van der Waals surface area contributed by atoms with Crippen molar-refractivity contribution in [2.75, 3.05) is 0 Å². The fourth-order valence-electron chi connectivity index (χ4n) is 2.19. The van der Waals surface area contributed by atoms with Crippen molar-refractivity contribution in [1.82, 2.24) is 9.78 Å². The molecule has 0 amide bonds. The smallest absolute Gasteiger partial charge is 0.389 e. The minimum Gasteiger partial charge on any atom is -0.389 e. The zero-order chi connectivity index (χ0) is 17.6.